The summed E-state index contributed by atoms with van der Waals surface area (Å²) in [7, 11) is 1.63. The van der Waals surface area contributed by atoms with Crippen molar-refractivity contribution < 1.29 is 14.3 Å². The van der Waals surface area contributed by atoms with Gasteiger partial charge in [0.1, 0.15) is 12.3 Å². The molecule has 7 heteroatoms. The highest BCUT2D eigenvalue weighted by molar-refractivity contribution is 5.94. The summed E-state index contributed by atoms with van der Waals surface area (Å²) in [4.78, 5) is 31.6. The molecule has 0 aliphatic heterocycles. The lowest BCUT2D eigenvalue weighted by Crippen LogP contribution is -2.39. The number of nitrogens with one attached hydrogen (secondary N) is 1. The number of benzene rings is 2. The number of carbonyl (C=O) groups is 2. The topological polar surface area (TPSA) is 76.5 Å². The minimum absolute atomic E-state index is 0.00377. The van der Waals surface area contributed by atoms with Crippen LogP contribution in [0.4, 0.5) is 5.95 Å². The van der Waals surface area contributed by atoms with Crippen molar-refractivity contribution in [1.82, 2.24) is 14.5 Å². The molecule has 3 aromatic rings. The van der Waals surface area contributed by atoms with Crippen molar-refractivity contribution >= 4 is 17.8 Å². The Morgan fingerprint density at radius 2 is 1.85 bits per heavy atom. The number of methoxy groups -OCH3 is 1. The molecule has 1 aliphatic carbocycles. The highest BCUT2D eigenvalue weighted by Crippen LogP contribution is 2.29. The van der Waals surface area contributed by atoms with Gasteiger partial charge in [-0.05, 0) is 74.2 Å². The number of imidazole rings is 1. The van der Waals surface area contributed by atoms with Crippen molar-refractivity contribution in [3.8, 4) is 22.7 Å². The van der Waals surface area contributed by atoms with E-state index < -0.39 is 0 Å². The molecule has 1 N–H and O–H groups in total. The Kier molecular flexibility index (Phi) is 6.49. The molecule has 0 spiro atoms. The fourth-order valence-electron chi connectivity index (χ4n) is 3.77. The summed E-state index contributed by atoms with van der Waals surface area (Å²) >= 11 is 0. The summed E-state index contributed by atoms with van der Waals surface area (Å²) in [6, 6.07) is 13.9. The zero-order valence-corrected chi connectivity index (χ0v) is 19.6. The summed E-state index contributed by atoms with van der Waals surface area (Å²) in [6.07, 6.45) is 4.22. The number of hydrogen-bond donors (Lipinski definition) is 1. The number of aromatic nitrogens is 2. The summed E-state index contributed by atoms with van der Waals surface area (Å²) in [6.45, 7) is 5.98. The molecule has 7 nitrogen and oxygen atoms in total. The third-order valence-corrected chi connectivity index (χ3v) is 6.04. The molecular weight excluding hydrogens is 416 g/mol. The minimum atomic E-state index is -0.249. The second-order valence-electron chi connectivity index (χ2n) is 8.47. The molecule has 2 amide bonds. The van der Waals surface area contributed by atoms with Crippen molar-refractivity contribution in [2.24, 2.45) is 0 Å². The van der Waals surface area contributed by atoms with Crippen molar-refractivity contribution in [3.05, 3.63) is 59.8 Å². The van der Waals surface area contributed by atoms with Gasteiger partial charge in [-0.25, -0.2) is 4.98 Å². The van der Waals surface area contributed by atoms with Gasteiger partial charge in [0.05, 0.1) is 12.8 Å². The Hall–Kier alpha value is -3.61. The normalized spacial score (nSPS) is 13.0. The van der Waals surface area contributed by atoms with E-state index >= 15 is 0 Å². The van der Waals surface area contributed by atoms with Crippen molar-refractivity contribution in [1.29, 1.82) is 0 Å². The molecule has 0 bridgehead atoms. The van der Waals surface area contributed by atoms with Crippen LogP contribution in [-0.4, -0.2) is 46.0 Å². The van der Waals surface area contributed by atoms with Crippen LogP contribution in [0.15, 0.2) is 48.7 Å². The van der Waals surface area contributed by atoms with E-state index in [1.807, 2.05) is 48.0 Å². The average Bonchev–Trinajstić information content (AvgIpc) is 3.58. The van der Waals surface area contributed by atoms with Crippen LogP contribution in [0.25, 0.3) is 16.9 Å². The largest absolute Gasteiger partial charge is 0.497 e. The molecule has 0 unspecified atom stereocenters. The Bertz CT molecular complexity index is 1160. The molecule has 0 atom stereocenters. The van der Waals surface area contributed by atoms with Crippen molar-refractivity contribution in [2.75, 3.05) is 19.0 Å². The van der Waals surface area contributed by atoms with E-state index in [0.717, 1.165) is 41.1 Å². The van der Waals surface area contributed by atoms with E-state index in [0.29, 0.717) is 12.4 Å². The van der Waals surface area contributed by atoms with Crippen LogP contribution in [0, 0.1) is 13.8 Å². The molecule has 1 aromatic heterocycles. The molecular formula is C26H30N4O3. The Labute approximate surface area is 194 Å². The van der Waals surface area contributed by atoms with Gasteiger partial charge in [-0.2, -0.15) is 0 Å². The molecule has 33 heavy (non-hydrogen) atoms. The first-order valence-corrected chi connectivity index (χ1v) is 11.3. The van der Waals surface area contributed by atoms with Gasteiger partial charge in [-0.15, -0.1) is 0 Å². The summed E-state index contributed by atoms with van der Waals surface area (Å²) < 4.78 is 7.14. The molecule has 1 fully saturated rings. The van der Waals surface area contributed by atoms with E-state index in [9.17, 15) is 9.59 Å². The maximum Gasteiger partial charge on any atom is 0.246 e. The van der Waals surface area contributed by atoms with E-state index in [1.165, 1.54) is 5.56 Å². The third-order valence-electron chi connectivity index (χ3n) is 6.04. The molecule has 1 heterocycles. The van der Waals surface area contributed by atoms with Crippen LogP contribution in [0.5, 0.6) is 5.75 Å². The first-order chi connectivity index (χ1) is 15.9. The number of amides is 2. The van der Waals surface area contributed by atoms with Crippen LogP contribution in [-0.2, 0) is 9.59 Å². The molecule has 172 valence electrons. The first-order valence-electron chi connectivity index (χ1n) is 11.3. The zero-order chi connectivity index (χ0) is 23.5. The van der Waals surface area contributed by atoms with Gasteiger partial charge in [0.2, 0.25) is 17.8 Å². The van der Waals surface area contributed by atoms with E-state index in [2.05, 4.69) is 31.3 Å². The lowest BCUT2D eigenvalue weighted by Gasteiger charge is -2.21. The Balaban J connectivity index is 1.65. The van der Waals surface area contributed by atoms with Gasteiger partial charge in [-0.1, -0.05) is 13.0 Å². The zero-order valence-electron chi connectivity index (χ0n) is 19.6. The van der Waals surface area contributed by atoms with Gasteiger partial charge < -0.3 is 9.64 Å². The fourth-order valence-corrected chi connectivity index (χ4v) is 3.77. The number of aryl methyl sites for hydroxylation is 2. The molecule has 0 radical (unpaired) electrons. The number of ether oxygens (including phenoxy) is 1. The first kappa shape index (κ1) is 22.6. The van der Waals surface area contributed by atoms with Crippen molar-refractivity contribution in [3.63, 3.8) is 0 Å². The number of nitrogens with zero attached hydrogens (tertiary/aromatic N) is 3. The third kappa shape index (κ3) is 5.08. The molecule has 1 saturated carbocycles. The standard InChI is InChI=1S/C26H30N4O3/c1-5-25(32)29(20-10-11-20)16-24(31)28-26-27-23(19-7-12-22(33-4)13-8-19)15-30(26)21-9-6-17(2)18(3)14-21/h6-9,12-15,20H,5,10-11,16H2,1-4H3,(H,27,28,31). The lowest BCUT2D eigenvalue weighted by atomic mass is 10.1. The van der Waals surface area contributed by atoms with E-state index in [4.69, 9.17) is 9.72 Å². The van der Waals surface area contributed by atoms with Gasteiger partial charge in [0, 0.05) is 29.9 Å². The van der Waals surface area contributed by atoms with E-state index in [-0.39, 0.29) is 24.4 Å². The monoisotopic (exact) mass is 446 g/mol. The lowest BCUT2D eigenvalue weighted by molar-refractivity contribution is -0.135. The highest BCUT2D eigenvalue weighted by atomic mass is 16.5. The molecule has 1 aliphatic rings. The van der Waals surface area contributed by atoms with Crippen LogP contribution >= 0.6 is 0 Å². The Morgan fingerprint density at radius 1 is 1.12 bits per heavy atom. The van der Waals surface area contributed by atoms with E-state index in [1.54, 1.807) is 12.0 Å². The number of hydrogen-bond acceptors (Lipinski definition) is 4. The quantitative estimate of drug-likeness (QED) is 0.553. The predicted octanol–water partition coefficient (Wildman–Crippen LogP) is 4.50. The van der Waals surface area contributed by atoms with Crippen LogP contribution in [0.2, 0.25) is 0 Å². The number of rotatable bonds is 8. The molecule has 0 saturated heterocycles. The van der Waals surface area contributed by atoms with Gasteiger partial charge in [0.25, 0.3) is 0 Å². The second-order valence-corrected chi connectivity index (χ2v) is 8.47. The maximum absolute atomic E-state index is 12.9. The summed E-state index contributed by atoms with van der Waals surface area (Å²) in [5.74, 6) is 0.945. The molecule has 2 aromatic carbocycles. The van der Waals surface area contributed by atoms with Crippen molar-refractivity contribution in [2.45, 2.75) is 46.1 Å². The van der Waals surface area contributed by atoms with Crippen LogP contribution in [0.1, 0.15) is 37.3 Å². The SMILES string of the molecule is CCC(=O)N(CC(=O)Nc1nc(-c2ccc(OC)cc2)cn1-c1ccc(C)c(C)c1)C1CC1. The predicted molar refractivity (Wildman–Crippen MR) is 129 cm³/mol. The van der Waals surface area contributed by atoms with Crippen LogP contribution < -0.4 is 10.1 Å². The Morgan fingerprint density at radius 3 is 2.45 bits per heavy atom. The minimum Gasteiger partial charge on any atom is -0.497 e. The maximum atomic E-state index is 12.9. The highest BCUT2D eigenvalue weighted by Gasteiger charge is 2.33. The number of anilines is 1. The summed E-state index contributed by atoms with van der Waals surface area (Å²) in [5, 5.41) is 2.94. The van der Waals surface area contributed by atoms with Crippen LogP contribution in [0.3, 0.4) is 0 Å². The molecule has 4 rings (SSSR count). The smallest absolute Gasteiger partial charge is 0.246 e. The van der Waals surface area contributed by atoms with Gasteiger partial charge >= 0.3 is 0 Å². The van der Waals surface area contributed by atoms with Gasteiger partial charge in [0.15, 0.2) is 0 Å². The van der Waals surface area contributed by atoms with Gasteiger partial charge in [-0.3, -0.25) is 19.5 Å². The summed E-state index contributed by atoms with van der Waals surface area (Å²) in [5.41, 5.74) is 4.89. The average molecular weight is 447 g/mol. The fraction of sp³-hybridized carbons (Fsp3) is 0.346. The number of carbonyl (C=O) groups excluding carboxylic acids is 2. The second kappa shape index (κ2) is 9.48.